The average molecular weight is 479 g/mol. The van der Waals surface area contributed by atoms with Crippen molar-refractivity contribution < 1.29 is 17.2 Å². The van der Waals surface area contributed by atoms with Gasteiger partial charge in [-0.05, 0) is 30.7 Å². The van der Waals surface area contributed by atoms with Crippen molar-refractivity contribution in [3.8, 4) is 0 Å². The Hall–Kier alpha value is -1.65. The number of hydrogen-bond acceptors (Lipinski definition) is 4. The number of halogens is 4. The van der Waals surface area contributed by atoms with E-state index in [1.54, 1.807) is 24.3 Å². The number of fused-ring (bicyclic) bond motifs is 3. The van der Waals surface area contributed by atoms with Gasteiger partial charge in [0.1, 0.15) is 5.82 Å². The van der Waals surface area contributed by atoms with Crippen molar-refractivity contribution >= 4 is 52.1 Å². The van der Waals surface area contributed by atoms with E-state index in [9.17, 15) is 17.2 Å². The Bertz CT molecular complexity index is 1040. The van der Waals surface area contributed by atoms with Crippen LogP contribution < -0.4 is 13.9 Å². The van der Waals surface area contributed by atoms with Gasteiger partial charge in [-0.15, -0.1) is 24.8 Å². The zero-order chi connectivity index (χ0) is 19.5. The van der Waals surface area contributed by atoms with Gasteiger partial charge in [0.2, 0.25) is 0 Å². The number of anilines is 3. The highest BCUT2D eigenvalue weighted by Crippen LogP contribution is 2.45. The van der Waals surface area contributed by atoms with Crippen LogP contribution in [0.2, 0.25) is 0 Å². The number of likely N-dealkylation sites (tertiary alicyclic amines) is 1. The molecule has 0 saturated carbocycles. The lowest BCUT2D eigenvalue weighted by atomic mass is 10.2. The molecule has 2 aromatic rings. The Morgan fingerprint density at radius 2 is 1.73 bits per heavy atom. The van der Waals surface area contributed by atoms with Crippen molar-refractivity contribution in [3.05, 3.63) is 54.1 Å². The third-order valence-electron chi connectivity index (χ3n) is 5.77. The minimum Gasteiger partial charge on any atom is -0.311 e. The Kier molecular flexibility index (Phi) is 6.50. The van der Waals surface area contributed by atoms with Crippen LogP contribution in [-0.4, -0.2) is 51.6 Å². The van der Waals surface area contributed by atoms with Crippen LogP contribution in [0.25, 0.3) is 0 Å². The summed E-state index contributed by atoms with van der Waals surface area (Å²) in [6, 6.07) is 10.7. The molecule has 1 N–H and O–H groups in total. The van der Waals surface area contributed by atoms with E-state index < -0.39 is 21.8 Å². The van der Waals surface area contributed by atoms with E-state index in [2.05, 4.69) is 10.2 Å². The molecule has 2 bridgehead atoms. The Morgan fingerprint density at radius 3 is 2.37 bits per heavy atom. The molecule has 2 aromatic carbocycles. The molecule has 2 fully saturated rings. The topological polar surface area (TPSA) is 55.9 Å². The van der Waals surface area contributed by atoms with E-state index in [0.29, 0.717) is 36.1 Å². The van der Waals surface area contributed by atoms with Gasteiger partial charge >= 0.3 is 10.2 Å². The first-order chi connectivity index (χ1) is 13.4. The van der Waals surface area contributed by atoms with Crippen molar-refractivity contribution in [3.63, 3.8) is 0 Å². The first-order valence-electron chi connectivity index (χ1n) is 9.29. The predicted octanol–water partition coefficient (Wildman–Crippen LogP) is 3.06. The number of nitrogens with one attached hydrogen (secondary N) is 1. The van der Waals surface area contributed by atoms with Gasteiger partial charge in [0.25, 0.3) is 0 Å². The van der Waals surface area contributed by atoms with E-state index in [1.807, 2.05) is 0 Å². The lowest BCUT2D eigenvalue weighted by molar-refractivity contribution is 0.233. The minimum atomic E-state index is -4.02. The minimum absolute atomic E-state index is 0. The first-order valence-corrected chi connectivity index (χ1v) is 10.7. The standard InChI is InChI=1S/C19H20F2N4O2S.2ClH/c20-13-5-6-17(16(21)9-13)25-19-4-2-1-3-18(19)24(28(25,26)27)8-7-23-12-14-10-15(23)11-22-14;;/h1-6,9,14-15,22H,7-8,10-12H2;2*1H/t14-,15-;;/m0../s1. The molecule has 0 spiro atoms. The number of nitrogens with zero attached hydrogens (tertiary/aromatic N) is 3. The summed E-state index contributed by atoms with van der Waals surface area (Å²) in [5.74, 6) is -1.66. The SMILES string of the molecule is Cl.Cl.O=S1(=O)N(CCN2C[C@@H]3C[C@H]2CN3)c2ccccc2N1c1ccc(F)cc1F. The number of benzene rings is 2. The third kappa shape index (κ3) is 3.62. The van der Waals surface area contributed by atoms with E-state index in [-0.39, 0.29) is 37.0 Å². The number of para-hydroxylation sites is 2. The summed E-state index contributed by atoms with van der Waals surface area (Å²) in [5.41, 5.74) is 0.701. The molecule has 2 saturated heterocycles. The number of hydrogen-bond donors (Lipinski definition) is 1. The molecule has 0 aliphatic carbocycles. The van der Waals surface area contributed by atoms with Crippen LogP contribution >= 0.6 is 24.8 Å². The molecule has 0 aromatic heterocycles. The third-order valence-corrected chi connectivity index (χ3v) is 7.56. The second kappa shape index (κ2) is 8.47. The van der Waals surface area contributed by atoms with E-state index in [0.717, 1.165) is 35.9 Å². The van der Waals surface area contributed by atoms with Crippen LogP contribution in [0.5, 0.6) is 0 Å². The molecule has 5 rings (SSSR count). The van der Waals surface area contributed by atoms with Crippen LogP contribution in [0.4, 0.5) is 25.8 Å². The summed E-state index contributed by atoms with van der Waals surface area (Å²) in [7, 11) is -4.02. The van der Waals surface area contributed by atoms with Gasteiger partial charge in [-0.3, -0.25) is 4.90 Å². The van der Waals surface area contributed by atoms with Crippen LogP contribution in [0.15, 0.2) is 42.5 Å². The molecule has 3 aliphatic heterocycles. The van der Waals surface area contributed by atoms with Crippen molar-refractivity contribution in [1.82, 2.24) is 10.2 Å². The maximum absolute atomic E-state index is 14.4. The Labute approximate surface area is 186 Å². The molecule has 11 heteroatoms. The monoisotopic (exact) mass is 478 g/mol. The van der Waals surface area contributed by atoms with Gasteiger partial charge < -0.3 is 5.32 Å². The molecular formula is C19H22Cl2F2N4O2S. The summed E-state index contributed by atoms with van der Waals surface area (Å²) >= 11 is 0. The molecule has 0 unspecified atom stereocenters. The van der Waals surface area contributed by atoms with Gasteiger partial charge in [0.05, 0.1) is 17.1 Å². The summed E-state index contributed by atoms with van der Waals surface area (Å²) < 4.78 is 56.7. The quantitative estimate of drug-likeness (QED) is 0.733. The number of rotatable bonds is 4. The van der Waals surface area contributed by atoms with Gasteiger partial charge in [-0.25, -0.2) is 17.4 Å². The van der Waals surface area contributed by atoms with Gasteiger partial charge in [-0.2, -0.15) is 8.42 Å². The molecule has 3 heterocycles. The molecule has 2 atom stereocenters. The highest BCUT2D eigenvalue weighted by Gasteiger charge is 2.43. The molecule has 0 radical (unpaired) electrons. The molecule has 0 amide bonds. The second-order valence-electron chi connectivity index (χ2n) is 7.42. The molecular weight excluding hydrogens is 457 g/mol. The zero-order valence-corrected chi connectivity index (χ0v) is 18.3. The second-order valence-corrected chi connectivity index (χ2v) is 9.12. The predicted molar refractivity (Wildman–Crippen MR) is 117 cm³/mol. The van der Waals surface area contributed by atoms with Gasteiger partial charge in [0, 0.05) is 44.3 Å². The number of piperazine rings is 1. The summed E-state index contributed by atoms with van der Waals surface area (Å²) in [5, 5.41) is 3.43. The van der Waals surface area contributed by atoms with Crippen molar-refractivity contribution in [1.29, 1.82) is 0 Å². The Morgan fingerprint density at radius 1 is 1.00 bits per heavy atom. The van der Waals surface area contributed by atoms with E-state index in [1.165, 1.54) is 4.31 Å². The maximum atomic E-state index is 14.4. The fourth-order valence-corrected chi connectivity index (χ4v) is 6.18. The fourth-order valence-electron chi connectivity index (χ4n) is 4.47. The summed E-state index contributed by atoms with van der Waals surface area (Å²) in [6.07, 6.45) is 1.09. The van der Waals surface area contributed by atoms with Crippen LogP contribution in [0.3, 0.4) is 0 Å². The smallest absolute Gasteiger partial charge is 0.311 e. The van der Waals surface area contributed by atoms with Crippen LogP contribution in [0, 0.1) is 11.6 Å². The molecule has 30 heavy (non-hydrogen) atoms. The fraction of sp³-hybridized carbons (Fsp3) is 0.368. The molecule has 164 valence electrons. The van der Waals surface area contributed by atoms with Crippen molar-refractivity contribution in [2.24, 2.45) is 0 Å². The molecule has 6 nitrogen and oxygen atoms in total. The van der Waals surface area contributed by atoms with Gasteiger partial charge in [0.15, 0.2) is 5.82 Å². The highest BCUT2D eigenvalue weighted by molar-refractivity contribution is 7.95. The highest BCUT2D eigenvalue weighted by atomic mass is 35.5. The van der Waals surface area contributed by atoms with Gasteiger partial charge in [-0.1, -0.05) is 12.1 Å². The zero-order valence-electron chi connectivity index (χ0n) is 15.9. The maximum Gasteiger partial charge on any atom is 0.331 e. The van der Waals surface area contributed by atoms with E-state index >= 15 is 0 Å². The first kappa shape index (κ1) is 23.0. The average Bonchev–Trinajstić information content (AvgIpc) is 3.32. The lowest BCUT2D eigenvalue weighted by Gasteiger charge is -2.29. The van der Waals surface area contributed by atoms with Crippen LogP contribution in [0.1, 0.15) is 6.42 Å². The lowest BCUT2D eigenvalue weighted by Crippen LogP contribution is -2.47. The largest absolute Gasteiger partial charge is 0.331 e. The van der Waals surface area contributed by atoms with Crippen molar-refractivity contribution in [2.45, 2.75) is 18.5 Å². The van der Waals surface area contributed by atoms with Crippen molar-refractivity contribution in [2.75, 3.05) is 34.8 Å². The summed E-state index contributed by atoms with van der Waals surface area (Å²) in [6.45, 7) is 2.73. The normalized spacial score (nSPS) is 23.8. The Balaban J connectivity index is 0.00000128. The van der Waals surface area contributed by atoms with Crippen LogP contribution in [-0.2, 0) is 10.2 Å². The summed E-state index contributed by atoms with van der Waals surface area (Å²) in [4.78, 5) is 2.31. The molecule has 3 aliphatic rings. The van der Waals surface area contributed by atoms with E-state index in [4.69, 9.17) is 0 Å².